The third-order valence-electron chi connectivity index (χ3n) is 2.02. The number of carbonyl (C=O) groups excluding carboxylic acids is 1. The summed E-state index contributed by atoms with van der Waals surface area (Å²) in [5.74, 6) is 0.467. The van der Waals surface area contributed by atoms with E-state index in [2.05, 4.69) is 10.5 Å². The van der Waals surface area contributed by atoms with E-state index >= 15 is 0 Å². The maximum absolute atomic E-state index is 11.2. The second-order valence-corrected chi connectivity index (χ2v) is 3.48. The third-order valence-corrected chi connectivity index (χ3v) is 2.02. The first kappa shape index (κ1) is 12.2. The van der Waals surface area contributed by atoms with Crippen LogP contribution in [0.15, 0.2) is 23.3 Å². The van der Waals surface area contributed by atoms with E-state index in [-0.39, 0.29) is 12.5 Å². The molecule has 1 aromatic carbocycles. The largest absolute Gasteiger partial charge is 0.483 e. The quantitative estimate of drug-likeness (QED) is 0.621. The van der Waals surface area contributed by atoms with Crippen LogP contribution in [0.1, 0.15) is 18.1 Å². The normalized spacial score (nSPS) is 10.4. The molecule has 0 fully saturated rings. The van der Waals surface area contributed by atoms with Gasteiger partial charge >= 0.3 is 0 Å². The Hall–Kier alpha value is -1.84. The molecule has 0 unspecified atom stereocenters. The zero-order valence-corrected chi connectivity index (χ0v) is 9.78. The summed E-state index contributed by atoms with van der Waals surface area (Å²) in [6, 6.07) is 5.88. The van der Waals surface area contributed by atoms with Gasteiger partial charge in [0.2, 0.25) is 0 Å². The summed E-state index contributed by atoms with van der Waals surface area (Å²) in [5.41, 5.74) is 4.46. The average molecular weight is 220 g/mol. The van der Waals surface area contributed by atoms with Crippen LogP contribution in [0.25, 0.3) is 0 Å². The minimum Gasteiger partial charge on any atom is -0.483 e. The second kappa shape index (κ2) is 5.90. The van der Waals surface area contributed by atoms with Crippen molar-refractivity contribution in [3.63, 3.8) is 0 Å². The first-order chi connectivity index (χ1) is 7.63. The standard InChI is InChI=1S/C12H16N2O2/c1-4-13-14-12(15)8-16-11-7-9(2)5-6-10(11)3/h4-7H,8H2,1-3H3,(H,14,15)/b13-4+. The number of benzene rings is 1. The van der Waals surface area contributed by atoms with Gasteiger partial charge in [-0.1, -0.05) is 12.1 Å². The van der Waals surface area contributed by atoms with E-state index in [9.17, 15) is 4.79 Å². The molecule has 0 heterocycles. The average Bonchev–Trinajstić information content (AvgIpc) is 2.27. The molecule has 4 heteroatoms. The van der Waals surface area contributed by atoms with Crippen LogP contribution in [0.2, 0.25) is 0 Å². The number of hydrogen-bond acceptors (Lipinski definition) is 3. The van der Waals surface area contributed by atoms with Crippen LogP contribution in [0, 0.1) is 13.8 Å². The molecule has 1 aromatic rings. The Morgan fingerprint density at radius 2 is 2.25 bits per heavy atom. The lowest BCUT2D eigenvalue weighted by Crippen LogP contribution is -2.24. The van der Waals surface area contributed by atoms with E-state index in [1.54, 1.807) is 6.92 Å². The van der Waals surface area contributed by atoms with Crippen LogP contribution in [-0.2, 0) is 4.79 Å². The molecule has 0 bridgehead atoms. The molecule has 0 saturated heterocycles. The van der Waals surface area contributed by atoms with Gasteiger partial charge in [0.1, 0.15) is 5.75 Å². The van der Waals surface area contributed by atoms with Crippen LogP contribution in [0.3, 0.4) is 0 Å². The fourth-order valence-corrected chi connectivity index (χ4v) is 1.17. The van der Waals surface area contributed by atoms with Crippen molar-refractivity contribution in [2.24, 2.45) is 5.10 Å². The number of hydrogen-bond donors (Lipinski definition) is 1. The molecule has 1 N–H and O–H groups in total. The number of nitrogens with zero attached hydrogens (tertiary/aromatic N) is 1. The second-order valence-electron chi connectivity index (χ2n) is 3.48. The van der Waals surface area contributed by atoms with Gasteiger partial charge in [0.05, 0.1) is 0 Å². The lowest BCUT2D eigenvalue weighted by molar-refractivity contribution is -0.123. The number of aryl methyl sites for hydroxylation is 2. The summed E-state index contributed by atoms with van der Waals surface area (Å²) in [6.07, 6.45) is 1.51. The molecule has 4 nitrogen and oxygen atoms in total. The predicted octanol–water partition coefficient (Wildman–Crippen LogP) is 1.80. The molecule has 0 aliphatic rings. The molecule has 0 aliphatic carbocycles. The first-order valence-electron chi connectivity index (χ1n) is 5.10. The molecule has 1 rings (SSSR count). The fraction of sp³-hybridized carbons (Fsp3) is 0.333. The predicted molar refractivity (Wildman–Crippen MR) is 63.7 cm³/mol. The summed E-state index contributed by atoms with van der Waals surface area (Å²) in [5, 5.41) is 3.62. The highest BCUT2D eigenvalue weighted by Gasteiger charge is 2.03. The summed E-state index contributed by atoms with van der Waals surface area (Å²) >= 11 is 0. The molecule has 0 aliphatic heterocycles. The Balaban J connectivity index is 2.54. The minimum absolute atomic E-state index is 0.0262. The van der Waals surface area contributed by atoms with Gasteiger partial charge in [-0.2, -0.15) is 5.10 Å². The van der Waals surface area contributed by atoms with Gasteiger partial charge in [-0.15, -0.1) is 0 Å². The zero-order valence-electron chi connectivity index (χ0n) is 9.78. The number of ether oxygens (including phenoxy) is 1. The third kappa shape index (κ3) is 3.73. The maximum atomic E-state index is 11.2. The smallest absolute Gasteiger partial charge is 0.277 e. The Morgan fingerprint density at radius 3 is 2.94 bits per heavy atom. The highest BCUT2D eigenvalue weighted by atomic mass is 16.5. The summed E-state index contributed by atoms with van der Waals surface area (Å²) in [6.45, 7) is 5.62. The zero-order chi connectivity index (χ0) is 12.0. The van der Waals surface area contributed by atoms with Crippen molar-refractivity contribution in [2.75, 3.05) is 6.61 Å². The summed E-state index contributed by atoms with van der Waals surface area (Å²) in [7, 11) is 0. The number of nitrogens with one attached hydrogen (secondary N) is 1. The molecule has 0 radical (unpaired) electrons. The van der Waals surface area contributed by atoms with E-state index < -0.39 is 0 Å². The van der Waals surface area contributed by atoms with Gasteiger partial charge in [0.25, 0.3) is 5.91 Å². The van der Waals surface area contributed by atoms with E-state index in [4.69, 9.17) is 4.74 Å². The van der Waals surface area contributed by atoms with Gasteiger partial charge in [0, 0.05) is 6.21 Å². The van der Waals surface area contributed by atoms with Crippen molar-refractivity contribution in [1.29, 1.82) is 0 Å². The van der Waals surface area contributed by atoms with Crippen molar-refractivity contribution in [2.45, 2.75) is 20.8 Å². The van der Waals surface area contributed by atoms with Crippen LogP contribution in [-0.4, -0.2) is 18.7 Å². The van der Waals surface area contributed by atoms with E-state index in [0.717, 1.165) is 16.9 Å². The van der Waals surface area contributed by atoms with Crippen molar-refractivity contribution >= 4 is 12.1 Å². The van der Waals surface area contributed by atoms with Crippen LogP contribution < -0.4 is 10.2 Å². The molecule has 0 aromatic heterocycles. The Labute approximate surface area is 95.3 Å². The highest BCUT2D eigenvalue weighted by molar-refractivity contribution is 5.78. The molecule has 0 saturated carbocycles. The molecule has 16 heavy (non-hydrogen) atoms. The topological polar surface area (TPSA) is 50.7 Å². The first-order valence-corrected chi connectivity index (χ1v) is 5.10. The van der Waals surface area contributed by atoms with Crippen LogP contribution in [0.4, 0.5) is 0 Å². The van der Waals surface area contributed by atoms with Crippen LogP contribution in [0.5, 0.6) is 5.75 Å². The molecule has 0 atom stereocenters. The van der Waals surface area contributed by atoms with Gasteiger partial charge in [-0.25, -0.2) is 5.43 Å². The molecular formula is C12H16N2O2. The van der Waals surface area contributed by atoms with Gasteiger partial charge < -0.3 is 4.74 Å². The van der Waals surface area contributed by atoms with Crippen molar-refractivity contribution in [3.05, 3.63) is 29.3 Å². The fourth-order valence-electron chi connectivity index (χ4n) is 1.17. The highest BCUT2D eigenvalue weighted by Crippen LogP contribution is 2.18. The Kier molecular flexibility index (Phi) is 4.51. The van der Waals surface area contributed by atoms with Gasteiger partial charge in [0.15, 0.2) is 6.61 Å². The SMILES string of the molecule is C/C=N/NC(=O)COc1cc(C)ccc1C. The number of rotatable bonds is 4. The van der Waals surface area contributed by atoms with Gasteiger partial charge in [-0.3, -0.25) is 4.79 Å². The Bertz CT molecular complexity index is 400. The lowest BCUT2D eigenvalue weighted by Gasteiger charge is -2.08. The number of carbonyl (C=O) groups is 1. The van der Waals surface area contributed by atoms with Crippen LogP contribution >= 0.6 is 0 Å². The van der Waals surface area contributed by atoms with E-state index in [0.29, 0.717) is 0 Å². The molecule has 86 valence electrons. The minimum atomic E-state index is -0.265. The lowest BCUT2D eigenvalue weighted by atomic mass is 10.1. The molecule has 0 spiro atoms. The Morgan fingerprint density at radius 1 is 1.50 bits per heavy atom. The maximum Gasteiger partial charge on any atom is 0.277 e. The summed E-state index contributed by atoms with van der Waals surface area (Å²) in [4.78, 5) is 11.2. The van der Waals surface area contributed by atoms with Crippen molar-refractivity contribution < 1.29 is 9.53 Å². The number of amides is 1. The molecular weight excluding hydrogens is 204 g/mol. The number of hydrazone groups is 1. The summed E-state index contributed by atoms with van der Waals surface area (Å²) < 4.78 is 5.39. The molecule has 1 amide bonds. The van der Waals surface area contributed by atoms with E-state index in [1.165, 1.54) is 6.21 Å². The van der Waals surface area contributed by atoms with Crippen molar-refractivity contribution in [1.82, 2.24) is 5.43 Å². The van der Waals surface area contributed by atoms with E-state index in [1.807, 2.05) is 32.0 Å². The van der Waals surface area contributed by atoms with Crippen molar-refractivity contribution in [3.8, 4) is 5.75 Å². The monoisotopic (exact) mass is 220 g/mol. The van der Waals surface area contributed by atoms with Gasteiger partial charge in [-0.05, 0) is 38.0 Å².